The van der Waals surface area contributed by atoms with Crippen molar-refractivity contribution in [2.24, 2.45) is 5.92 Å². The number of carbonyl (C=O) groups excluding carboxylic acids is 1. The highest BCUT2D eigenvalue weighted by Gasteiger charge is 2.39. The van der Waals surface area contributed by atoms with E-state index >= 15 is 0 Å². The zero-order valence-corrected chi connectivity index (χ0v) is 12.9. The van der Waals surface area contributed by atoms with Crippen LogP contribution in [0, 0.1) is 5.92 Å². The Morgan fingerprint density at radius 1 is 1.30 bits per heavy atom. The van der Waals surface area contributed by atoms with Crippen molar-refractivity contribution in [3.63, 3.8) is 0 Å². The fraction of sp³-hybridized carbons (Fsp3) is 0.857. The summed E-state index contributed by atoms with van der Waals surface area (Å²) in [4.78, 5) is 25.1. The van der Waals surface area contributed by atoms with E-state index in [-0.39, 0.29) is 11.5 Å². The normalized spacial score (nSPS) is 18.5. The molecule has 116 valence electrons. The number of amides is 2. The Morgan fingerprint density at radius 3 is 2.25 bits per heavy atom. The first-order chi connectivity index (χ1) is 9.27. The van der Waals surface area contributed by atoms with Gasteiger partial charge in [-0.3, -0.25) is 0 Å². The third-order valence-corrected chi connectivity index (χ3v) is 4.12. The second-order valence-electron chi connectivity index (χ2n) is 6.32. The minimum atomic E-state index is -0.986. The zero-order valence-electron chi connectivity index (χ0n) is 12.9. The van der Waals surface area contributed by atoms with Gasteiger partial charge < -0.3 is 20.6 Å². The summed E-state index contributed by atoms with van der Waals surface area (Å²) < 4.78 is 0. The fourth-order valence-corrected chi connectivity index (χ4v) is 2.51. The number of rotatable bonds is 7. The van der Waals surface area contributed by atoms with Crippen LogP contribution in [0.1, 0.15) is 39.5 Å². The number of urea groups is 1. The predicted molar refractivity (Wildman–Crippen MR) is 77.7 cm³/mol. The van der Waals surface area contributed by atoms with Crippen molar-refractivity contribution >= 4 is 12.0 Å². The van der Waals surface area contributed by atoms with Crippen molar-refractivity contribution in [3.05, 3.63) is 0 Å². The Kier molecular flexibility index (Phi) is 5.80. The lowest BCUT2D eigenvalue weighted by molar-refractivity contribution is -0.139. The van der Waals surface area contributed by atoms with Crippen molar-refractivity contribution in [2.45, 2.75) is 51.1 Å². The molecule has 0 spiro atoms. The molecule has 6 nitrogen and oxygen atoms in total. The molecular formula is C14H27N3O3. The standard InChI is InChI=1S/C14H27N3O3/c1-10(2)8-11(12(18)19)16-13(20)15-9-14(17(3)4)6-5-7-14/h10-11H,5-9H2,1-4H3,(H,18,19)(H2,15,16,20). The van der Waals surface area contributed by atoms with Crippen LogP contribution in [-0.2, 0) is 4.79 Å². The van der Waals surface area contributed by atoms with E-state index in [1.54, 1.807) is 0 Å². The van der Waals surface area contributed by atoms with E-state index in [9.17, 15) is 9.59 Å². The Morgan fingerprint density at radius 2 is 1.90 bits per heavy atom. The third kappa shape index (κ3) is 4.37. The second-order valence-corrected chi connectivity index (χ2v) is 6.32. The molecule has 1 saturated carbocycles. The van der Waals surface area contributed by atoms with Gasteiger partial charge in [-0.1, -0.05) is 13.8 Å². The van der Waals surface area contributed by atoms with Gasteiger partial charge in [0.25, 0.3) is 0 Å². The summed E-state index contributed by atoms with van der Waals surface area (Å²) in [6.45, 7) is 4.43. The summed E-state index contributed by atoms with van der Waals surface area (Å²) in [5.74, 6) is -0.768. The first-order valence-electron chi connectivity index (χ1n) is 7.21. The molecule has 0 bridgehead atoms. The van der Waals surface area contributed by atoms with Crippen LogP contribution in [0.5, 0.6) is 0 Å². The van der Waals surface area contributed by atoms with Gasteiger partial charge in [-0.15, -0.1) is 0 Å². The summed E-state index contributed by atoms with van der Waals surface area (Å²) in [5, 5.41) is 14.4. The molecular weight excluding hydrogens is 258 g/mol. The lowest BCUT2D eigenvalue weighted by Crippen LogP contribution is -2.59. The predicted octanol–water partition coefficient (Wildman–Crippen LogP) is 1.27. The van der Waals surface area contributed by atoms with Crippen LogP contribution in [0.15, 0.2) is 0 Å². The average Bonchev–Trinajstić information content (AvgIpc) is 2.25. The van der Waals surface area contributed by atoms with Crippen molar-refractivity contribution in [3.8, 4) is 0 Å². The topological polar surface area (TPSA) is 81.7 Å². The molecule has 0 saturated heterocycles. The number of hydrogen-bond donors (Lipinski definition) is 3. The van der Waals surface area contributed by atoms with Gasteiger partial charge in [0.15, 0.2) is 0 Å². The van der Waals surface area contributed by atoms with Crippen LogP contribution in [-0.4, -0.2) is 54.2 Å². The third-order valence-electron chi connectivity index (χ3n) is 4.12. The molecule has 6 heteroatoms. The van der Waals surface area contributed by atoms with E-state index in [4.69, 9.17) is 5.11 Å². The maximum atomic E-state index is 11.8. The molecule has 1 fully saturated rings. The number of nitrogens with one attached hydrogen (secondary N) is 2. The lowest BCUT2D eigenvalue weighted by atomic mass is 9.75. The van der Waals surface area contributed by atoms with E-state index in [0.717, 1.165) is 12.8 Å². The van der Waals surface area contributed by atoms with Gasteiger partial charge in [0.2, 0.25) is 0 Å². The van der Waals surface area contributed by atoms with Crippen LogP contribution >= 0.6 is 0 Å². The average molecular weight is 285 g/mol. The summed E-state index contributed by atoms with van der Waals surface area (Å²) >= 11 is 0. The zero-order chi connectivity index (χ0) is 15.3. The van der Waals surface area contributed by atoms with Crippen LogP contribution in [0.25, 0.3) is 0 Å². The van der Waals surface area contributed by atoms with E-state index in [2.05, 4.69) is 15.5 Å². The summed E-state index contributed by atoms with van der Waals surface area (Å²) in [7, 11) is 4.02. The number of nitrogens with zero attached hydrogens (tertiary/aromatic N) is 1. The van der Waals surface area contributed by atoms with Crippen molar-refractivity contribution < 1.29 is 14.7 Å². The molecule has 1 unspecified atom stereocenters. The van der Waals surface area contributed by atoms with Crippen LogP contribution in [0.3, 0.4) is 0 Å². The molecule has 1 rings (SSSR count). The highest BCUT2D eigenvalue weighted by molar-refractivity contribution is 5.82. The Bertz CT molecular complexity index is 352. The largest absolute Gasteiger partial charge is 0.480 e. The molecule has 0 heterocycles. The van der Waals surface area contributed by atoms with Crippen LogP contribution in [0.2, 0.25) is 0 Å². The van der Waals surface area contributed by atoms with Gasteiger partial charge >= 0.3 is 12.0 Å². The van der Waals surface area contributed by atoms with Gasteiger partial charge in [0.05, 0.1) is 0 Å². The molecule has 1 aliphatic carbocycles. The Balaban J connectivity index is 2.44. The quantitative estimate of drug-likeness (QED) is 0.658. The van der Waals surface area contributed by atoms with Crippen molar-refractivity contribution in [2.75, 3.05) is 20.6 Å². The molecule has 0 aromatic carbocycles. The van der Waals surface area contributed by atoms with Crippen molar-refractivity contribution in [1.82, 2.24) is 15.5 Å². The molecule has 0 aromatic heterocycles. The van der Waals surface area contributed by atoms with Gasteiger partial charge in [0, 0.05) is 12.1 Å². The Labute approximate surface area is 120 Å². The first kappa shape index (κ1) is 16.8. The Hall–Kier alpha value is -1.30. The molecule has 0 aliphatic heterocycles. The minimum Gasteiger partial charge on any atom is -0.480 e. The highest BCUT2D eigenvalue weighted by Crippen LogP contribution is 2.35. The van der Waals surface area contributed by atoms with Crippen LogP contribution in [0.4, 0.5) is 4.79 Å². The maximum absolute atomic E-state index is 11.8. The summed E-state index contributed by atoms with van der Waals surface area (Å²) in [6.07, 6.45) is 3.73. The van der Waals surface area contributed by atoms with E-state index in [1.807, 2.05) is 27.9 Å². The highest BCUT2D eigenvalue weighted by atomic mass is 16.4. The number of carbonyl (C=O) groups is 2. The smallest absolute Gasteiger partial charge is 0.326 e. The van der Waals surface area contributed by atoms with E-state index in [1.165, 1.54) is 6.42 Å². The molecule has 1 aliphatic rings. The number of hydrogen-bond acceptors (Lipinski definition) is 3. The lowest BCUT2D eigenvalue weighted by Gasteiger charge is -2.47. The molecule has 20 heavy (non-hydrogen) atoms. The van der Waals surface area contributed by atoms with Gasteiger partial charge in [-0.25, -0.2) is 9.59 Å². The first-order valence-corrected chi connectivity index (χ1v) is 7.21. The van der Waals surface area contributed by atoms with Crippen molar-refractivity contribution in [1.29, 1.82) is 0 Å². The van der Waals surface area contributed by atoms with Crippen LogP contribution < -0.4 is 10.6 Å². The number of carboxylic acid groups (broad SMARTS) is 1. The fourth-order valence-electron chi connectivity index (χ4n) is 2.51. The summed E-state index contributed by atoms with van der Waals surface area (Å²) in [6, 6.07) is -1.22. The molecule has 0 aromatic rings. The van der Waals surface area contributed by atoms with Gasteiger partial charge in [-0.2, -0.15) is 0 Å². The monoisotopic (exact) mass is 285 g/mol. The SMILES string of the molecule is CC(C)CC(NC(=O)NCC1(N(C)C)CCC1)C(=O)O. The summed E-state index contributed by atoms with van der Waals surface area (Å²) in [5.41, 5.74) is 0.0358. The number of aliphatic carboxylic acids is 1. The second kappa shape index (κ2) is 6.92. The molecule has 1 atom stereocenters. The molecule has 0 radical (unpaired) electrons. The van der Waals surface area contributed by atoms with E-state index in [0.29, 0.717) is 13.0 Å². The van der Waals surface area contributed by atoms with Gasteiger partial charge in [-0.05, 0) is 45.7 Å². The maximum Gasteiger partial charge on any atom is 0.326 e. The number of carboxylic acids is 1. The minimum absolute atomic E-state index is 0.0358. The van der Waals surface area contributed by atoms with E-state index < -0.39 is 18.0 Å². The molecule has 3 N–H and O–H groups in total. The molecule has 2 amide bonds. The van der Waals surface area contributed by atoms with Gasteiger partial charge in [0.1, 0.15) is 6.04 Å². The number of likely N-dealkylation sites (N-methyl/N-ethyl adjacent to an activating group) is 1.